The van der Waals surface area contributed by atoms with Gasteiger partial charge in [0.1, 0.15) is 23.1 Å². The zero-order valence-electron chi connectivity index (χ0n) is 21.4. The molecule has 4 heterocycles. The molecule has 0 saturated carbocycles. The van der Waals surface area contributed by atoms with E-state index in [0.29, 0.717) is 59.7 Å². The normalized spacial score (nSPS) is 14.6. The number of benzene rings is 1. The first-order chi connectivity index (χ1) is 19.0. The van der Waals surface area contributed by atoms with Crippen LogP contribution in [0.25, 0.3) is 22.3 Å². The summed E-state index contributed by atoms with van der Waals surface area (Å²) in [4.78, 5) is 39.0. The van der Waals surface area contributed by atoms with Gasteiger partial charge in [-0.15, -0.1) is 0 Å². The van der Waals surface area contributed by atoms with Crippen LogP contribution in [-0.2, 0) is 11.3 Å². The molecular formula is C29H27FN6O3. The van der Waals surface area contributed by atoms with Crippen molar-refractivity contribution in [3.05, 3.63) is 93.8 Å². The number of fused-ring (bicyclic) bond motifs is 1. The van der Waals surface area contributed by atoms with E-state index in [1.165, 1.54) is 22.9 Å². The molecule has 0 aliphatic carbocycles. The number of morpholine rings is 1. The number of pyridine rings is 3. The van der Waals surface area contributed by atoms with Crippen LogP contribution in [0.1, 0.15) is 34.5 Å². The zero-order chi connectivity index (χ0) is 27.4. The van der Waals surface area contributed by atoms with Crippen LogP contribution in [0.15, 0.2) is 65.7 Å². The van der Waals surface area contributed by atoms with Gasteiger partial charge in [0.25, 0.3) is 11.5 Å². The van der Waals surface area contributed by atoms with Crippen LogP contribution in [-0.4, -0.2) is 58.2 Å². The van der Waals surface area contributed by atoms with Gasteiger partial charge in [-0.2, -0.15) is 5.26 Å². The average Bonchev–Trinajstić information content (AvgIpc) is 2.97. The van der Waals surface area contributed by atoms with Gasteiger partial charge in [-0.25, -0.2) is 9.37 Å². The molecule has 0 radical (unpaired) electrons. The lowest BCUT2D eigenvalue weighted by atomic mass is 9.99. The first-order valence-electron chi connectivity index (χ1n) is 12.7. The molecule has 4 aromatic rings. The monoisotopic (exact) mass is 526 g/mol. The fraction of sp³-hybridized carbons (Fsp3) is 0.276. The predicted octanol–water partition coefficient (Wildman–Crippen LogP) is 3.29. The molecule has 198 valence electrons. The summed E-state index contributed by atoms with van der Waals surface area (Å²) in [6.45, 7) is 5.48. The van der Waals surface area contributed by atoms with Crippen molar-refractivity contribution < 1.29 is 13.9 Å². The van der Waals surface area contributed by atoms with Gasteiger partial charge < -0.3 is 10.1 Å². The van der Waals surface area contributed by atoms with E-state index in [0.717, 1.165) is 13.1 Å². The summed E-state index contributed by atoms with van der Waals surface area (Å²) in [6.07, 6.45) is 3.02. The van der Waals surface area contributed by atoms with E-state index in [9.17, 15) is 19.2 Å². The molecule has 1 aromatic carbocycles. The zero-order valence-corrected chi connectivity index (χ0v) is 21.4. The number of carbonyl (C=O) groups excluding carboxylic acids is 1. The molecule has 1 saturated heterocycles. The maximum atomic E-state index is 14.1. The number of ether oxygens (including phenoxy) is 1. The fourth-order valence-corrected chi connectivity index (χ4v) is 4.74. The van der Waals surface area contributed by atoms with Crippen molar-refractivity contribution in [3.63, 3.8) is 0 Å². The number of nitrogens with zero attached hydrogens (tertiary/aromatic N) is 5. The van der Waals surface area contributed by atoms with Crippen LogP contribution in [0, 0.1) is 17.1 Å². The van der Waals surface area contributed by atoms with Crippen molar-refractivity contribution in [1.82, 2.24) is 24.8 Å². The van der Waals surface area contributed by atoms with Crippen LogP contribution < -0.4 is 10.9 Å². The van der Waals surface area contributed by atoms with Crippen LogP contribution >= 0.6 is 0 Å². The number of halogens is 1. The van der Waals surface area contributed by atoms with E-state index >= 15 is 0 Å². The SMILES string of the molecule is CC(NC(=O)c1c(-c2ccc(C#N)cn2)c2cccnc2n(CCN2CCOCC2)c1=O)c1ccc(F)cc1. The van der Waals surface area contributed by atoms with Gasteiger partial charge in [0.15, 0.2) is 0 Å². The molecule has 0 spiro atoms. The molecule has 1 amide bonds. The van der Waals surface area contributed by atoms with Gasteiger partial charge >= 0.3 is 0 Å². The van der Waals surface area contributed by atoms with Crippen LogP contribution in [0.2, 0.25) is 0 Å². The lowest BCUT2D eigenvalue weighted by Crippen LogP contribution is -2.41. The van der Waals surface area contributed by atoms with E-state index in [1.54, 1.807) is 43.5 Å². The number of rotatable bonds is 7. The smallest absolute Gasteiger partial charge is 0.265 e. The van der Waals surface area contributed by atoms with E-state index in [-0.39, 0.29) is 11.4 Å². The van der Waals surface area contributed by atoms with Crippen molar-refractivity contribution in [2.45, 2.75) is 19.5 Å². The molecule has 10 heteroatoms. The Hall–Kier alpha value is -4.46. The Labute approximate surface area is 224 Å². The topological polar surface area (TPSA) is 113 Å². The number of amides is 1. The van der Waals surface area contributed by atoms with Crippen molar-refractivity contribution in [2.24, 2.45) is 0 Å². The standard InChI is InChI=1S/C29H27FN6O3/c1-19(21-5-7-22(30)8-6-21)34-28(37)26-25(24-9-4-20(17-31)18-33-24)23-3-2-10-32-27(23)36(29(26)38)12-11-35-13-15-39-16-14-35/h2-10,18-19H,11-16H2,1H3,(H,34,37). The molecular weight excluding hydrogens is 499 g/mol. The maximum Gasteiger partial charge on any atom is 0.265 e. The second-order valence-electron chi connectivity index (χ2n) is 9.33. The Morgan fingerprint density at radius 1 is 1.13 bits per heavy atom. The Kier molecular flexibility index (Phi) is 7.72. The van der Waals surface area contributed by atoms with E-state index in [4.69, 9.17) is 4.74 Å². The minimum absolute atomic E-state index is 0.0661. The fourth-order valence-electron chi connectivity index (χ4n) is 4.74. The van der Waals surface area contributed by atoms with E-state index < -0.39 is 17.5 Å². The molecule has 5 rings (SSSR count). The number of carbonyl (C=O) groups is 1. The lowest BCUT2D eigenvalue weighted by Gasteiger charge is -2.27. The third-order valence-corrected chi connectivity index (χ3v) is 6.86. The highest BCUT2D eigenvalue weighted by atomic mass is 19.1. The number of hydrogen-bond acceptors (Lipinski definition) is 7. The molecule has 1 fully saturated rings. The van der Waals surface area contributed by atoms with Crippen LogP contribution in [0.4, 0.5) is 4.39 Å². The van der Waals surface area contributed by atoms with Crippen LogP contribution in [0.3, 0.4) is 0 Å². The molecule has 1 aliphatic heterocycles. The second-order valence-corrected chi connectivity index (χ2v) is 9.33. The Morgan fingerprint density at radius 3 is 2.59 bits per heavy atom. The first-order valence-corrected chi connectivity index (χ1v) is 12.7. The Morgan fingerprint density at radius 2 is 1.90 bits per heavy atom. The van der Waals surface area contributed by atoms with Crippen molar-refractivity contribution >= 4 is 16.9 Å². The number of hydrogen-bond donors (Lipinski definition) is 1. The summed E-state index contributed by atoms with van der Waals surface area (Å²) in [6, 6.07) is 14.1. The number of nitriles is 1. The van der Waals surface area contributed by atoms with Crippen molar-refractivity contribution in [1.29, 1.82) is 5.26 Å². The maximum absolute atomic E-state index is 14.1. The minimum atomic E-state index is -0.580. The first kappa shape index (κ1) is 26.2. The molecule has 9 nitrogen and oxygen atoms in total. The number of aromatic nitrogens is 3. The largest absolute Gasteiger partial charge is 0.379 e. The summed E-state index contributed by atoms with van der Waals surface area (Å²) in [5.74, 6) is -0.958. The third kappa shape index (κ3) is 5.55. The highest BCUT2D eigenvalue weighted by molar-refractivity contribution is 6.07. The minimum Gasteiger partial charge on any atom is -0.379 e. The molecule has 39 heavy (non-hydrogen) atoms. The number of nitrogens with one attached hydrogen (secondary N) is 1. The third-order valence-electron chi connectivity index (χ3n) is 6.86. The quantitative estimate of drug-likeness (QED) is 0.393. The van der Waals surface area contributed by atoms with Crippen molar-refractivity contribution in [2.75, 3.05) is 32.8 Å². The molecule has 1 N–H and O–H groups in total. The molecule has 1 unspecified atom stereocenters. The molecule has 1 aliphatic rings. The van der Waals surface area contributed by atoms with Gasteiger partial charge in [-0.05, 0) is 48.9 Å². The summed E-state index contributed by atoms with van der Waals surface area (Å²) in [5.41, 5.74) is 1.67. The van der Waals surface area contributed by atoms with Gasteiger partial charge in [0.05, 0.1) is 30.5 Å². The van der Waals surface area contributed by atoms with Gasteiger partial charge in [0, 0.05) is 49.5 Å². The predicted molar refractivity (Wildman–Crippen MR) is 143 cm³/mol. The summed E-state index contributed by atoms with van der Waals surface area (Å²) in [5, 5.41) is 12.7. The van der Waals surface area contributed by atoms with Crippen molar-refractivity contribution in [3.8, 4) is 17.3 Å². The average molecular weight is 527 g/mol. The Balaban J connectivity index is 1.63. The van der Waals surface area contributed by atoms with Gasteiger partial charge in [-0.1, -0.05) is 12.1 Å². The van der Waals surface area contributed by atoms with Gasteiger partial charge in [0.2, 0.25) is 0 Å². The highest BCUT2D eigenvalue weighted by Crippen LogP contribution is 2.29. The molecule has 3 aromatic heterocycles. The second kappa shape index (κ2) is 11.5. The summed E-state index contributed by atoms with van der Waals surface area (Å²) < 4.78 is 20.4. The van der Waals surface area contributed by atoms with E-state index in [2.05, 4.69) is 20.2 Å². The summed E-state index contributed by atoms with van der Waals surface area (Å²) >= 11 is 0. The Bertz CT molecular complexity index is 1590. The lowest BCUT2D eigenvalue weighted by molar-refractivity contribution is 0.0364. The van der Waals surface area contributed by atoms with Gasteiger partial charge in [-0.3, -0.25) is 24.0 Å². The van der Waals surface area contributed by atoms with E-state index in [1.807, 2.05) is 12.1 Å². The highest BCUT2D eigenvalue weighted by Gasteiger charge is 2.26. The summed E-state index contributed by atoms with van der Waals surface area (Å²) in [7, 11) is 0. The molecule has 1 atom stereocenters. The molecule has 0 bridgehead atoms. The van der Waals surface area contributed by atoms with Crippen LogP contribution in [0.5, 0.6) is 0 Å².